The maximum Gasteiger partial charge on any atom is 0.255 e. The lowest BCUT2D eigenvalue weighted by molar-refractivity contribution is 0.102. The molecule has 0 bridgehead atoms. The number of amides is 1. The predicted molar refractivity (Wildman–Crippen MR) is 78.8 cm³/mol. The van der Waals surface area contributed by atoms with Gasteiger partial charge >= 0.3 is 0 Å². The van der Waals surface area contributed by atoms with Crippen LogP contribution in [-0.2, 0) is 0 Å². The molecule has 0 aliphatic carbocycles. The normalized spacial score (nSPS) is 10.2. The van der Waals surface area contributed by atoms with Crippen LogP contribution in [0.5, 0.6) is 11.5 Å². The summed E-state index contributed by atoms with van der Waals surface area (Å²) in [6.45, 7) is 1.86. The molecule has 2 aromatic rings. The Kier molecular flexibility index (Phi) is 4.15. The van der Waals surface area contributed by atoms with Gasteiger partial charge in [0.1, 0.15) is 11.5 Å². The van der Waals surface area contributed by atoms with E-state index in [9.17, 15) is 9.90 Å². The second-order valence-electron chi connectivity index (χ2n) is 4.32. The number of benzene rings is 2. The number of hydrogen-bond acceptors (Lipinski definition) is 3. The van der Waals surface area contributed by atoms with Gasteiger partial charge < -0.3 is 15.2 Å². The third-order valence-corrected chi connectivity index (χ3v) is 3.11. The first kappa shape index (κ1) is 14.2. The fourth-order valence-corrected chi connectivity index (χ4v) is 2.01. The summed E-state index contributed by atoms with van der Waals surface area (Å²) in [5.74, 6) is 0.174. The van der Waals surface area contributed by atoms with Crippen molar-refractivity contribution in [2.45, 2.75) is 6.92 Å². The summed E-state index contributed by atoms with van der Waals surface area (Å²) in [6.07, 6.45) is 0. The molecule has 0 saturated heterocycles. The summed E-state index contributed by atoms with van der Waals surface area (Å²) < 4.78 is 5.03. The molecule has 0 unspecified atom stereocenters. The van der Waals surface area contributed by atoms with Gasteiger partial charge in [0, 0.05) is 5.56 Å². The molecule has 0 spiro atoms. The van der Waals surface area contributed by atoms with E-state index in [2.05, 4.69) is 5.32 Å². The topological polar surface area (TPSA) is 58.6 Å². The van der Waals surface area contributed by atoms with Crippen LogP contribution in [0.4, 0.5) is 5.69 Å². The van der Waals surface area contributed by atoms with Gasteiger partial charge in [-0.1, -0.05) is 17.7 Å². The lowest BCUT2D eigenvalue weighted by Gasteiger charge is -2.09. The SMILES string of the molecule is COc1ccc(C(=O)Nc2ccc(C)cc2O)cc1Cl. The van der Waals surface area contributed by atoms with Crippen LogP contribution in [0.1, 0.15) is 15.9 Å². The van der Waals surface area contributed by atoms with Crippen LogP contribution in [0.3, 0.4) is 0 Å². The van der Waals surface area contributed by atoms with E-state index in [1.165, 1.54) is 13.2 Å². The zero-order valence-electron chi connectivity index (χ0n) is 11.1. The summed E-state index contributed by atoms with van der Waals surface area (Å²) in [7, 11) is 1.51. The Morgan fingerprint density at radius 3 is 2.60 bits per heavy atom. The molecule has 2 rings (SSSR count). The van der Waals surface area contributed by atoms with Crippen LogP contribution in [0.25, 0.3) is 0 Å². The fourth-order valence-electron chi connectivity index (χ4n) is 1.75. The van der Waals surface area contributed by atoms with Crippen molar-refractivity contribution in [2.24, 2.45) is 0 Å². The number of aromatic hydroxyl groups is 1. The van der Waals surface area contributed by atoms with Crippen molar-refractivity contribution in [1.82, 2.24) is 0 Å². The molecule has 1 amide bonds. The van der Waals surface area contributed by atoms with E-state index in [4.69, 9.17) is 16.3 Å². The van der Waals surface area contributed by atoms with E-state index in [-0.39, 0.29) is 11.7 Å². The van der Waals surface area contributed by atoms with E-state index >= 15 is 0 Å². The summed E-state index contributed by atoms with van der Waals surface area (Å²) in [4.78, 5) is 12.1. The average Bonchev–Trinajstić information content (AvgIpc) is 2.41. The molecule has 2 N–H and O–H groups in total. The van der Waals surface area contributed by atoms with E-state index in [0.29, 0.717) is 22.0 Å². The smallest absolute Gasteiger partial charge is 0.255 e. The second-order valence-corrected chi connectivity index (χ2v) is 4.73. The van der Waals surface area contributed by atoms with Crippen molar-refractivity contribution in [3.8, 4) is 11.5 Å². The quantitative estimate of drug-likeness (QED) is 0.849. The minimum atomic E-state index is -0.353. The highest BCUT2D eigenvalue weighted by atomic mass is 35.5. The molecule has 4 nitrogen and oxygen atoms in total. The minimum Gasteiger partial charge on any atom is -0.506 e. The van der Waals surface area contributed by atoms with Crippen molar-refractivity contribution in [3.05, 3.63) is 52.5 Å². The van der Waals surface area contributed by atoms with Gasteiger partial charge in [-0.05, 0) is 42.8 Å². The van der Waals surface area contributed by atoms with Gasteiger partial charge in [0.25, 0.3) is 5.91 Å². The van der Waals surface area contributed by atoms with Gasteiger partial charge in [-0.15, -0.1) is 0 Å². The van der Waals surface area contributed by atoms with Crippen LogP contribution in [0, 0.1) is 6.92 Å². The van der Waals surface area contributed by atoms with Crippen molar-refractivity contribution in [3.63, 3.8) is 0 Å². The monoisotopic (exact) mass is 291 g/mol. The molecule has 0 radical (unpaired) electrons. The van der Waals surface area contributed by atoms with E-state index in [1.807, 2.05) is 6.92 Å². The largest absolute Gasteiger partial charge is 0.506 e. The number of carbonyl (C=O) groups is 1. The Bertz CT molecular complexity index is 656. The minimum absolute atomic E-state index is 0.0259. The van der Waals surface area contributed by atoms with Crippen LogP contribution in [0.2, 0.25) is 5.02 Å². The lowest BCUT2D eigenvalue weighted by Crippen LogP contribution is -2.12. The number of halogens is 1. The lowest BCUT2D eigenvalue weighted by atomic mass is 10.1. The summed E-state index contributed by atoms with van der Waals surface area (Å²) in [6, 6.07) is 9.76. The summed E-state index contributed by atoms with van der Waals surface area (Å²) >= 11 is 5.97. The molecular weight excluding hydrogens is 278 g/mol. The van der Waals surface area contributed by atoms with Crippen molar-refractivity contribution >= 4 is 23.2 Å². The highest BCUT2D eigenvalue weighted by Gasteiger charge is 2.11. The number of aryl methyl sites for hydroxylation is 1. The number of methoxy groups -OCH3 is 1. The zero-order chi connectivity index (χ0) is 14.7. The van der Waals surface area contributed by atoms with Gasteiger partial charge in [-0.3, -0.25) is 4.79 Å². The number of nitrogens with one attached hydrogen (secondary N) is 1. The predicted octanol–water partition coefficient (Wildman–Crippen LogP) is 3.61. The van der Waals surface area contributed by atoms with Crippen LogP contribution >= 0.6 is 11.6 Å². The highest BCUT2D eigenvalue weighted by molar-refractivity contribution is 6.32. The third-order valence-electron chi connectivity index (χ3n) is 2.82. The maximum atomic E-state index is 12.1. The molecule has 0 atom stereocenters. The average molecular weight is 292 g/mol. The maximum absolute atomic E-state index is 12.1. The number of hydrogen-bond donors (Lipinski definition) is 2. The molecule has 2 aromatic carbocycles. The molecule has 0 aromatic heterocycles. The van der Waals surface area contributed by atoms with Gasteiger partial charge in [0.2, 0.25) is 0 Å². The first-order valence-corrected chi connectivity index (χ1v) is 6.33. The van der Waals surface area contributed by atoms with E-state index in [1.54, 1.807) is 30.3 Å². The van der Waals surface area contributed by atoms with Crippen molar-refractivity contribution < 1.29 is 14.6 Å². The zero-order valence-corrected chi connectivity index (χ0v) is 11.9. The summed E-state index contributed by atoms with van der Waals surface area (Å²) in [5, 5.41) is 12.7. The van der Waals surface area contributed by atoms with Gasteiger partial charge in [0.15, 0.2) is 0 Å². The molecule has 104 valence electrons. The number of phenolic OH excluding ortho intramolecular Hbond substituents is 1. The molecule has 20 heavy (non-hydrogen) atoms. The van der Waals surface area contributed by atoms with Crippen LogP contribution in [-0.4, -0.2) is 18.1 Å². The first-order valence-electron chi connectivity index (χ1n) is 5.96. The molecule has 0 fully saturated rings. The molecule has 0 aliphatic heterocycles. The number of carbonyl (C=O) groups excluding carboxylic acids is 1. The van der Waals surface area contributed by atoms with Gasteiger partial charge in [0.05, 0.1) is 17.8 Å². The van der Waals surface area contributed by atoms with E-state index in [0.717, 1.165) is 5.56 Å². The number of ether oxygens (including phenoxy) is 1. The Morgan fingerprint density at radius 1 is 1.25 bits per heavy atom. The molecule has 0 saturated carbocycles. The van der Waals surface area contributed by atoms with Crippen LogP contribution in [0.15, 0.2) is 36.4 Å². The third kappa shape index (κ3) is 3.03. The van der Waals surface area contributed by atoms with Crippen LogP contribution < -0.4 is 10.1 Å². The Morgan fingerprint density at radius 2 is 2.00 bits per heavy atom. The molecular formula is C15H14ClNO3. The Labute approximate surface area is 122 Å². The first-order chi connectivity index (χ1) is 9.51. The van der Waals surface area contributed by atoms with Crippen molar-refractivity contribution in [2.75, 3.05) is 12.4 Å². The van der Waals surface area contributed by atoms with Gasteiger partial charge in [-0.2, -0.15) is 0 Å². The van der Waals surface area contributed by atoms with E-state index < -0.39 is 0 Å². The Balaban J connectivity index is 2.21. The van der Waals surface area contributed by atoms with Crippen molar-refractivity contribution in [1.29, 1.82) is 0 Å². The number of anilines is 1. The molecule has 5 heteroatoms. The molecule has 0 heterocycles. The fraction of sp³-hybridized carbons (Fsp3) is 0.133. The van der Waals surface area contributed by atoms with Gasteiger partial charge in [-0.25, -0.2) is 0 Å². The second kappa shape index (κ2) is 5.84. The molecule has 0 aliphatic rings. The Hall–Kier alpha value is -2.20. The number of phenols is 1. The highest BCUT2D eigenvalue weighted by Crippen LogP contribution is 2.27. The standard InChI is InChI=1S/C15H14ClNO3/c1-9-3-5-12(13(18)7-9)17-15(19)10-4-6-14(20-2)11(16)8-10/h3-8,18H,1-2H3,(H,17,19). The summed E-state index contributed by atoms with van der Waals surface area (Å²) in [5.41, 5.74) is 1.65. The number of rotatable bonds is 3.